The van der Waals surface area contributed by atoms with E-state index < -0.39 is 60.6 Å². The Morgan fingerprint density at radius 1 is 0.968 bits per heavy atom. The number of carbonyl (C=O) groups is 4. The fourth-order valence-electron chi connectivity index (χ4n) is 2.53. The molecule has 10 N–H and O–H groups in total. The second kappa shape index (κ2) is 15.8. The number of nitrogens with two attached hydrogens (primary N) is 2. The lowest BCUT2D eigenvalue weighted by atomic mass is 10.1. The van der Waals surface area contributed by atoms with Gasteiger partial charge in [0, 0.05) is 0 Å². The zero-order chi connectivity index (χ0) is 24.0. The summed E-state index contributed by atoms with van der Waals surface area (Å²) >= 11 is 1.40. The van der Waals surface area contributed by atoms with Crippen LogP contribution in [0.3, 0.4) is 0 Å². The number of unbranched alkanes of at least 4 members (excludes halogenated alkanes) is 1. The number of rotatable bonds is 16. The normalized spacial score (nSPS) is 15.8. The number of hydrogen-bond donors (Lipinski definition) is 8. The third kappa shape index (κ3) is 11.3. The van der Waals surface area contributed by atoms with Crippen molar-refractivity contribution in [2.45, 2.75) is 62.9 Å². The Hall–Kier alpha value is -1.93. The fraction of sp³-hybridized carbons (Fsp3) is 0.778. The van der Waals surface area contributed by atoms with Gasteiger partial charge < -0.3 is 42.7 Å². The molecule has 5 unspecified atom stereocenters. The maximum Gasteiger partial charge on any atom is 0.328 e. The maximum absolute atomic E-state index is 12.5. The zero-order valence-electron chi connectivity index (χ0n) is 17.9. The first kappa shape index (κ1) is 29.1. The number of thioether (sulfide) groups is 1. The van der Waals surface area contributed by atoms with Gasteiger partial charge >= 0.3 is 5.97 Å². The van der Waals surface area contributed by atoms with Crippen molar-refractivity contribution in [3.05, 3.63) is 0 Å². The largest absolute Gasteiger partial charge is 0.480 e. The predicted molar refractivity (Wildman–Crippen MR) is 116 cm³/mol. The summed E-state index contributed by atoms with van der Waals surface area (Å²) in [6.07, 6.45) is 2.28. The second-order valence-electron chi connectivity index (χ2n) is 7.04. The van der Waals surface area contributed by atoms with Crippen molar-refractivity contribution in [2.75, 3.05) is 25.2 Å². The second-order valence-corrected chi connectivity index (χ2v) is 8.03. The van der Waals surface area contributed by atoms with Gasteiger partial charge in [-0.05, 0) is 44.7 Å². The van der Waals surface area contributed by atoms with Gasteiger partial charge in [0.05, 0.1) is 18.8 Å². The molecule has 5 atom stereocenters. The van der Waals surface area contributed by atoms with E-state index >= 15 is 0 Å². The van der Waals surface area contributed by atoms with Gasteiger partial charge in [-0.1, -0.05) is 6.42 Å². The minimum atomic E-state index is -1.55. The van der Waals surface area contributed by atoms with Crippen LogP contribution >= 0.6 is 11.8 Å². The van der Waals surface area contributed by atoms with Crippen LogP contribution in [0.5, 0.6) is 0 Å². The van der Waals surface area contributed by atoms with E-state index in [2.05, 4.69) is 16.0 Å². The molecule has 31 heavy (non-hydrogen) atoms. The van der Waals surface area contributed by atoms with Crippen LogP contribution in [0.2, 0.25) is 0 Å². The van der Waals surface area contributed by atoms with E-state index in [4.69, 9.17) is 16.6 Å². The summed E-state index contributed by atoms with van der Waals surface area (Å²) in [6, 6.07) is -4.92. The lowest BCUT2D eigenvalue weighted by molar-refractivity contribution is -0.145. The molecule has 0 rings (SSSR count). The molecule has 0 radical (unpaired) electrons. The molecule has 0 saturated carbocycles. The highest BCUT2D eigenvalue weighted by atomic mass is 32.2. The Labute approximate surface area is 185 Å². The quantitative estimate of drug-likeness (QED) is 0.109. The van der Waals surface area contributed by atoms with E-state index in [1.54, 1.807) is 6.26 Å². The molecule has 0 aliphatic heterocycles. The van der Waals surface area contributed by atoms with E-state index in [0.717, 1.165) is 0 Å². The molecular weight excluding hydrogens is 430 g/mol. The summed E-state index contributed by atoms with van der Waals surface area (Å²) in [5, 5.41) is 35.1. The summed E-state index contributed by atoms with van der Waals surface area (Å²) in [5.74, 6) is -3.22. The van der Waals surface area contributed by atoms with Gasteiger partial charge in [-0.15, -0.1) is 0 Å². The van der Waals surface area contributed by atoms with Crippen molar-refractivity contribution >= 4 is 35.5 Å². The zero-order valence-corrected chi connectivity index (χ0v) is 18.7. The van der Waals surface area contributed by atoms with Gasteiger partial charge in [0.2, 0.25) is 17.7 Å². The van der Waals surface area contributed by atoms with Crippen LogP contribution in [0.25, 0.3) is 0 Å². The Kier molecular flexibility index (Phi) is 14.8. The van der Waals surface area contributed by atoms with Crippen molar-refractivity contribution in [3.8, 4) is 0 Å². The Morgan fingerprint density at radius 2 is 1.55 bits per heavy atom. The molecule has 0 spiro atoms. The standard InChI is InChI=1S/C18H35N5O7S/c1-10(25)14(18(29)30)23-16(27)12(6-8-31-2)21-17(28)13(9-24)22-15(26)11(20)5-3-4-7-19/h10-14,24-25H,3-9,19-20H2,1-2H3,(H,21,28)(H,22,26)(H,23,27)(H,29,30). The Bertz CT molecular complexity index is 594. The van der Waals surface area contributed by atoms with Gasteiger partial charge in [-0.3, -0.25) is 14.4 Å². The van der Waals surface area contributed by atoms with E-state index in [0.29, 0.717) is 31.6 Å². The van der Waals surface area contributed by atoms with Gasteiger partial charge in [0.25, 0.3) is 0 Å². The lowest BCUT2D eigenvalue weighted by Gasteiger charge is -2.25. The van der Waals surface area contributed by atoms with Crippen molar-refractivity contribution in [1.29, 1.82) is 0 Å². The average molecular weight is 466 g/mol. The van der Waals surface area contributed by atoms with E-state index in [1.807, 2.05) is 0 Å². The van der Waals surface area contributed by atoms with Crippen molar-refractivity contribution in [3.63, 3.8) is 0 Å². The smallest absolute Gasteiger partial charge is 0.328 e. The summed E-state index contributed by atoms with van der Waals surface area (Å²) in [7, 11) is 0. The molecule has 0 aromatic carbocycles. The Balaban J connectivity index is 5.10. The van der Waals surface area contributed by atoms with Crippen molar-refractivity contribution in [2.24, 2.45) is 11.5 Å². The first-order valence-electron chi connectivity index (χ1n) is 9.96. The van der Waals surface area contributed by atoms with Gasteiger partial charge in [-0.25, -0.2) is 4.79 Å². The van der Waals surface area contributed by atoms with Gasteiger partial charge in [0.15, 0.2) is 6.04 Å². The van der Waals surface area contributed by atoms with Gasteiger partial charge in [0.1, 0.15) is 12.1 Å². The summed E-state index contributed by atoms with van der Waals surface area (Å²) in [6.45, 7) is 0.950. The molecule has 0 aromatic rings. The summed E-state index contributed by atoms with van der Waals surface area (Å²) in [4.78, 5) is 48.4. The van der Waals surface area contributed by atoms with Crippen LogP contribution in [0.15, 0.2) is 0 Å². The van der Waals surface area contributed by atoms with E-state index in [-0.39, 0.29) is 6.42 Å². The highest BCUT2D eigenvalue weighted by Gasteiger charge is 2.31. The molecule has 0 fully saturated rings. The van der Waals surface area contributed by atoms with Gasteiger partial charge in [-0.2, -0.15) is 11.8 Å². The topological polar surface area (TPSA) is 217 Å². The molecule has 0 aliphatic carbocycles. The number of hydrogen-bond acceptors (Lipinski definition) is 9. The van der Waals surface area contributed by atoms with Crippen LogP contribution in [-0.2, 0) is 19.2 Å². The van der Waals surface area contributed by atoms with Crippen molar-refractivity contribution < 1.29 is 34.5 Å². The van der Waals surface area contributed by atoms with Crippen LogP contribution in [0.1, 0.15) is 32.6 Å². The van der Waals surface area contributed by atoms with E-state index in [1.165, 1.54) is 18.7 Å². The number of carboxylic acid groups (broad SMARTS) is 1. The highest BCUT2D eigenvalue weighted by Crippen LogP contribution is 2.04. The lowest BCUT2D eigenvalue weighted by Crippen LogP contribution is -2.59. The number of nitrogens with one attached hydrogen (secondary N) is 3. The maximum atomic E-state index is 12.5. The minimum absolute atomic E-state index is 0.162. The number of amides is 3. The predicted octanol–water partition coefficient (Wildman–Crippen LogP) is -2.89. The molecule has 0 saturated heterocycles. The third-order valence-electron chi connectivity index (χ3n) is 4.41. The number of aliphatic carboxylic acids is 1. The molecule has 3 amide bonds. The van der Waals surface area contributed by atoms with Crippen LogP contribution in [0, 0.1) is 0 Å². The monoisotopic (exact) mass is 465 g/mol. The number of aliphatic hydroxyl groups is 2. The third-order valence-corrected chi connectivity index (χ3v) is 5.06. The summed E-state index contributed by atoms with van der Waals surface area (Å²) < 4.78 is 0. The minimum Gasteiger partial charge on any atom is -0.480 e. The van der Waals surface area contributed by atoms with Crippen LogP contribution in [-0.4, -0.2) is 94.4 Å². The number of carboxylic acids is 1. The molecule has 13 heteroatoms. The molecule has 180 valence electrons. The van der Waals surface area contributed by atoms with Crippen molar-refractivity contribution in [1.82, 2.24) is 16.0 Å². The Morgan fingerprint density at radius 3 is 2.03 bits per heavy atom. The molecule has 0 bridgehead atoms. The fourth-order valence-corrected chi connectivity index (χ4v) is 3.00. The number of aliphatic hydroxyl groups excluding tert-OH is 2. The average Bonchev–Trinajstić information content (AvgIpc) is 2.71. The highest BCUT2D eigenvalue weighted by molar-refractivity contribution is 7.98. The molecule has 0 aromatic heterocycles. The molecule has 0 aliphatic rings. The molecule has 12 nitrogen and oxygen atoms in total. The first-order valence-corrected chi connectivity index (χ1v) is 11.4. The first-order chi connectivity index (χ1) is 14.6. The number of carbonyl (C=O) groups excluding carboxylic acids is 3. The van der Waals surface area contributed by atoms with Crippen LogP contribution < -0.4 is 27.4 Å². The van der Waals surface area contributed by atoms with E-state index in [9.17, 15) is 29.4 Å². The van der Waals surface area contributed by atoms with Crippen LogP contribution in [0.4, 0.5) is 0 Å². The SMILES string of the molecule is CSCCC(NC(=O)C(CO)NC(=O)C(N)CCCCN)C(=O)NC(C(=O)O)C(C)O. The summed E-state index contributed by atoms with van der Waals surface area (Å²) in [5.41, 5.74) is 11.2. The molecular formula is C18H35N5O7S. The molecule has 0 heterocycles.